The van der Waals surface area contributed by atoms with Crippen LogP contribution in [0.4, 0.5) is 4.79 Å². The lowest BCUT2D eigenvalue weighted by atomic mass is 9.64. The maximum Gasteiger partial charge on any atom is 0.404 e. The summed E-state index contributed by atoms with van der Waals surface area (Å²) in [5.74, 6) is 1.51. The Hall–Kier alpha value is -2.61. The number of methoxy groups -OCH3 is 3. The lowest BCUT2D eigenvalue weighted by Crippen LogP contribution is -2.58. The molecule has 0 bridgehead atoms. The van der Waals surface area contributed by atoms with Gasteiger partial charge in [-0.2, -0.15) is 0 Å². The molecule has 0 spiro atoms. The van der Waals surface area contributed by atoms with Gasteiger partial charge in [-0.25, -0.2) is 4.79 Å². The lowest BCUT2D eigenvalue weighted by molar-refractivity contribution is 0.0295. The first-order valence-corrected chi connectivity index (χ1v) is 12.1. The molecule has 0 fully saturated rings. The molecule has 198 valence electrons. The maximum atomic E-state index is 11.9. The van der Waals surface area contributed by atoms with Gasteiger partial charge in [0, 0.05) is 11.5 Å². The van der Waals surface area contributed by atoms with E-state index < -0.39 is 23.0 Å². The number of nitrogens with one attached hydrogen (secondary N) is 1. The van der Waals surface area contributed by atoms with E-state index in [-0.39, 0.29) is 13.2 Å². The molecule has 0 aliphatic carbocycles. The smallest absolute Gasteiger partial charge is 0.404 e. The fourth-order valence-corrected chi connectivity index (χ4v) is 4.87. The summed E-state index contributed by atoms with van der Waals surface area (Å²) < 4.78 is 22.6. The number of hydrogen-bond donors (Lipinski definition) is 2. The molecule has 2 rings (SSSR count). The average Bonchev–Trinajstić information content (AvgIpc) is 2.82. The highest BCUT2D eigenvalue weighted by molar-refractivity contribution is 6.42. The number of ether oxygens (including phenoxy) is 4. The number of amides is 1. The van der Waals surface area contributed by atoms with Crippen LogP contribution in [0.5, 0.6) is 17.2 Å². The van der Waals surface area contributed by atoms with Gasteiger partial charge in [-0.1, -0.05) is 56.1 Å². The molecule has 0 aliphatic rings. The Morgan fingerprint density at radius 2 is 1.67 bits per heavy atom. The Kier molecular flexibility index (Phi) is 10.3. The third-order valence-electron chi connectivity index (χ3n) is 6.04. The van der Waals surface area contributed by atoms with Gasteiger partial charge in [0.1, 0.15) is 0 Å². The minimum absolute atomic E-state index is 0.163. The van der Waals surface area contributed by atoms with Crippen LogP contribution in [0.25, 0.3) is 0 Å². The topological polar surface area (TPSA) is 86.3 Å². The third-order valence-corrected chi connectivity index (χ3v) is 6.78. The van der Waals surface area contributed by atoms with Crippen molar-refractivity contribution < 1.29 is 28.8 Å². The highest BCUT2D eigenvalue weighted by Crippen LogP contribution is 2.43. The molecule has 7 nitrogen and oxygen atoms in total. The van der Waals surface area contributed by atoms with Crippen molar-refractivity contribution in [1.82, 2.24) is 5.32 Å². The first kappa shape index (κ1) is 29.6. The van der Waals surface area contributed by atoms with E-state index in [1.54, 1.807) is 39.5 Å². The van der Waals surface area contributed by atoms with Gasteiger partial charge in [-0.05, 0) is 47.2 Å². The third kappa shape index (κ3) is 6.78. The van der Waals surface area contributed by atoms with E-state index in [1.807, 2.05) is 39.0 Å². The minimum atomic E-state index is -1.13. The monoisotopic (exact) mass is 539 g/mol. The summed E-state index contributed by atoms with van der Waals surface area (Å²) in [7, 11) is 4.64. The van der Waals surface area contributed by atoms with Gasteiger partial charge < -0.3 is 29.4 Å². The molecule has 2 atom stereocenters. The second-order valence-corrected chi connectivity index (χ2v) is 10.4. The molecule has 2 aromatic carbocycles. The van der Waals surface area contributed by atoms with Crippen molar-refractivity contribution in [3.63, 3.8) is 0 Å². The Balaban J connectivity index is 2.55. The van der Waals surface area contributed by atoms with Crippen molar-refractivity contribution >= 4 is 29.3 Å². The normalized spacial score (nSPS) is 13.9. The van der Waals surface area contributed by atoms with Crippen molar-refractivity contribution in [3.05, 3.63) is 64.2 Å². The molecule has 0 aromatic heterocycles. The summed E-state index contributed by atoms with van der Waals surface area (Å²) in [6, 6.07) is 8.38. The minimum Gasteiger partial charge on any atom is -0.493 e. The van der Waals surface area contributed by atoms with Crippen LogP contribution in [-0.2, 0) is 16.8 Å². The lowest BCUT2D eigenvalue weighted by Gasteiger charge is -2.47. The van der Waals surface area contributed by atoms with Crippen LogP contribution in [0.3, 0.4) is 0 Å². The fourth-order valence-electron chi connectivity index (χ4n) is 4.57. The number of carboxylic acid groups (broad SMARTS) is 1. The van der Waals surface area contributed by atoms with Gasteiger partial charge >= 0.3 is 6.09 Å². The fraction of sp³-hybridized carbons (Fsp3) is 0.444. The van der Waals surface area contributed by atoms with Crippen LogP contribution in [0.1, 0.15) is 38.3 Å². The number of halogens is 2. The van der Waals surface area contributed by atoms with Crippen LogP contribution in [-0.4, -0.2) is 45.2 Å². The molecule has 0 radical (unpaired) electrons. The molecule has 1 amide bonds. The quantitative estimate of drug-likeness (QED) is 0.290. The number of hydrogen-bond acceptors (Lipinski definition) is 5. The summed E-state index contributed by atoms with van der Waals surface area (Å²) in [6.45, 7) is 10.2. The zero-order valence-corrected chi connectivity index (χ0v) is 23.1. The Morgan fingerprint density at radius 1 is 1.06 bits per heavy atom. The van der Waals surface area contributed by atoms with Gasteiger partial charge in [-0.3, -0.25) is 0 Å². The zero-order chi connectivity index (χ0) is 27.1. The summed E-state index contributed by atoms with van der Waals surface area (Å²) >= 11 is 12.6. The van der Waals surface area contributed by atoms with Crippen LogP contribution in [0, 0.1) is 5.41 Å². The first-order valence-electron chi connectivity index (χ1n) is 11.4. The van der Waals surface area contributed by atoms with Crippen LogP contribution < -0.4 is 19.5 Å². The molecule has 9 heteroatoms. The summed E-state index contributed by atoms with van der Waals surface area (Å²) in [5, 5.41) is 13.2. The van der Waals surface area contributed by atoms with Crippen molar-refractivity contribution in [2.24, 2.45) is 5.41 Å². The molecule has 2 N–H and O–H groups in total. The Labute approximate surface area is 223 Å². The van der Waals surface area contributed by atoms with E-state index in [4.69, 9.17) is 42.1 Å². The Morgan fingerprint density at radius 3 is 2.11 bits per heavy atom. The standard InChI is InChI=1S/C27H35Cl2NO6/c1-8-11-27(18-9-10-19(28)20(29)14-18,24(26(2,3)4)30-25(31)32)16-36-15-17-12-21(33-5)23(35-7)22(13-17)34-6/h8-10,12-14,24,30H,1,11,15-16H2,2-7H3,(H,31,32). The van der Waals surface area contributed by atoms with Gasteiger partial charge in [0.05, 0.1) is 44.6 Å². The second-order valence-electron chi connectivity index (χ2n) is 9.55. The van der Waals surface area contributed by atoms with Crippen molar-refractivity contribution in [1.29, 1.82) is 0 Å². The number of benzene rings is 2. The van der Waals surface area contributed by atoms with Crippen LogP contribution in [0.2, 0.25) is 10.0 Å². The summed E-state index contributed by atoms with van der Waals surface area (Å²) in [5.41, 5.74) is 0.261. The highest BCUT2D eigenvalue weighted by atomic mass is 35.5. The van der Waals surface area contributed by atoms with E-state index in [9.17, 15) is 9.90 Å². The van der Waals surface area contributed by atoms with E-state index in [0.717, 1.165) is 11.1 Å². The van der Waals surface area contributed by atoms with E-state index >= 15 is 0 Å². The van der Waals surface area contributed by atoms with E-state index in [2.05, 4.69) is 11.9 Å². The summed E-state index contributed by atoms with van der Waals surface area (Å²) in [6.07, 6.45) is 1.05. The number of carbonyl (C=O) groups is 1. The molecule has 0 heterocycles. The first-order chi connectivity index (χ1) is 16.9. The average molecular weight is 540 g/mol. The molecular formula is C27H35Cl2NO6. The zero-order valence-electron chi connectivity index (χ0n) is 21.6. The van der Waals surface area contributed by atoms with E-state index in [1.165, 1.54) is 0 Å². The molecule has 36 heavy (non-hydrogen) atoms. The molecule has 2 aromatic rings. The predicted octanol–water partition coefficient (Wildman–Crippen LogP) is 6.73. The van der Waals surface area contributed by atoms with E-state index in [0.29, 0.717) is 33.7 Å². The largest absolute Gasteiger partial charge is 0.493 e. The van der Waals surface area contributed by atoms with Crippen molar-refractivity contribution in [2.75, 3.05) is 27.9 Å². The van der Waals surface area contributed by atoms with Crippen LogP contribution >= 0.6 is 23.2 Å². The maximum absolute atomic E-state index is 11.9. The SMILES string of the molecule is C=CCC(COCc1cc(OC)c(OC)c(OC)c1)(c1ccc(Cl)c(Cl)c1)C(NC(=O)O)C(C)(C)C. The predicted molar refractivity (Wildman–Crippen MR) is 143 cm³/mol. The van der Waals surface area contributed by atoms with Gasteiger partial charge in [-0.15, -0.1) is 6.58 Å². The molecule has 0 saturated heterocycles. The number of allylic oxidation sites excluding steroid dienone is 1. The molecule has 0 aliphatic heterocycles. The van der Waals surface area contributed by atoms with Crippen LogP contribution in [0.15, 0.2) is 43.0 Å². The van der Waals surface area contributed by atoms with Crippen molar-refractivity contribution in [3.8, 4) is 17.2 Å². The number of rotatable bonds is 12. The van der Waals surface area contributed by atoms with Gasteiger partial charge in [0.2, 0.25) is 5.75 Å². The summed E-state index contributed by atoms with van der Waals surface area (Å²) in [4.78, 5) is 11.9. The van der Waals surface area contributed by atoms with Gasteiger partial charge in [0.25, 0.3) is 0 Å². The molecule has 0 saturated carbocycles. The molecular weight excluding hydrogens is 505 g/mol. The highest BCUT2D eigenvalue weighted by Gasteiger charge is 2.47. The van der Waals surface area contributed by atoms with Gasteiger partial charge in [0.15, 0.2) is 11.5 Å². The van der Waals surface area contributed by atoms with Crippen molar-refractivity contribution in [2.45, 2.75) is 45.3 Å². The second kappa shape index (κ2) is 12.6. The Bertz CT molecular complexity index is 1040. The molecule has 2 unspecified atom stereocenters.